The first-order valence-electron chi connectivity index (χ1n) is 7.28. The van der Waals surface area contributed by atoms with Gasteiger partial charge in [-0.05, 0) is 24.6 Å². The summed E-state index contributed by atoms with van der Waals surface area (Å²) in [4.78, 5) is 40.8. The molecular formula is C16H15N3O6. The van der Waals surface area contributed by atoms with Gasteiger partial charge in [0.2, 0.25) is 0 Å². The number of anilines is 1. The number of aromatic hydroxyl groups is 2. The second-order valence-electron chi connectivity index (χ2n) is 5.53. The minimum absolute atomic E-state index is 0.0932. The molecule has 0 fully saturated rings. The van der Waals surface area contributed by atoms with E-state index in [1.807, 2.05) is 0 Å². The molecule has 0 bridgehead atoms. The van der Waals surface area contributed by atoms with Crippen LogP contribution in [0.15, 0.2) is 39.1 Å². The Hall–Kier alpha value is -3.49. The molecule has 5 N–H and O–H groups in total. The van der Waals surface area contributed by atoms with Gasteiger partial charge in [0.1, 0.15) is 5.82 Å². The Morgan fingerprint density at radius 3 is 2.52 bits per heavy atom. The topological polar surface area (TPSA) is 145 Å². The van der Waals surface area contributed by atoms with Crippen LogP contribution in [-0.4, -0.2) is 33.3 Å². The summed E-state index contributed by atoms with van der Waals surface area (Å²) in [6, 6.07) is 3.96. The molecule has 0 saturated carbocycles. The first-order valence-corrected chi connectivity index (χ1v) is 7.28. The van der Waals surface area contributed by atoms with E-state index in [-0.39, 0.29) is 22.7 Å². The van der Waals surface area contributed by atoms with Crippen LogP contribution in [0.4, 0.5) is 5.82 Å². The van der Waals surface area contributed by atoms with Crippen molar-refractivity contribution in [3.8, 4) is 11.5 Å². The number of benzene rings is 1. The van der Waals surface area contributed by atoms with Gasteiger partial charge in [0, 0.05) is 5.70 Å². The molecule has 0 unspecified atom stereocenters. The molecule has 0 spiro atoms. The number of allylic oxidation sites excluding steroid dienone is 1. The number of H-pyrrole nitrogens is 2. The van der Waals surface area contributed by atoms with Crippen LogP contribution in [0.2, 0.25) is 0 Å². The normalized spacial score (nSPS) is 16.2. The second-order valence-corrected chi connectivity index (χ2v) is 5.53. The number of fused-ring (bicyclic) bond motifs is 1. The summed E-state index contributed by atoms with van der Waals surface area (Å²) in [5, 5.41) is 22.1. The van der Waals surface area contributed by atoms with Crippen LogP contribution in [-0.2, 0) is 9.53 Å². The number of nitrogens with one attached hydrogen (secondary N) is 3. The van der Waals surface area contributed by atoms with Gasteiger partial charge in [-0.25, -0.2) is 9.59 Å². The van der Waals surface area contributed by atoms with E-state index in [0.717, 1.165) is 0 Å². The Labute approximate surface area is 140 Å². The van der Waals surface area contributed by atoms with Crippen LogP contribution >= 0.6 is 0 Å². The highest BCUT2D eigenvalue weighted by molar-refractivity contribution is 5.94. The third-order valence-electron chi connectivity index (χ3n) is 4.01. The first-order chi connectivity index (χ1) is 11.8. The largest absolute Gasteiger partial charge is 0.504 e. The highest BCUT2D eigenvalue weighted by Crippen LogP contribution is 2.41. The Bertz CT molecular complexity index is 1020. The molecule has 3 rings (SSSR count). The summed E-state index contributed by atoms with van der Waals surface area (Å²) in [5.41, 5.74) is -0.377. The van der Waals surface area contributed by atoms with Crippen molar-refractivity contribution in [2.45, 2.75) is 12.8 Å². The minimum atomic E-state index is -0.907. The van der Waals surface area contributed by atoms with Crippen LogP contribution in [0, 0.1) is 0 Å². The average Bonchev–Trinajstić information content (AvgIpc) is 2.55. The average molecular weight is 345 g/mol. The molecule has 9 nitrogen and oxygen atoms in total. The van der Waals surface area contributed by atoms with E-state index in [2.05, 4.69) is 15.3 Å². The fourth-order valence-corrected chi connectivity index (χ4v) is 2.92. The van der Waals surface area contributed by atoms with Gasteiger partial charge >= 0.3 is 11.7 Å². The lowest BCUT2D eigenvalue weighted by atomic mass is 9.82. The maximum absolute atomic E-state index is 12.4. The molecule has 2 heterocycles. The van der Waals surface area contributed by atoms with E-state index < -0.39 is 28.9 Å². The third-order valence-corrected chi connectivity index (χ3v) is 4.01. The number of aromatic nitrogens is 2. The lowest BCUT2D eigenvalue weighted by Crippen LogP contribution is -2.34. The van der Waals surface area contributed by atoms with Crippen molar-refractivity contribution in [3.63, 3.8) is 0 Å². The molecule has 2 aromatic rings. The van der Waals surface area contributed by atoms with Gasteiger partial charge in [0.15, 0.2) is 11.5 Å². The van der Waals surface area contributed by atoms with Crippen LogP contribution in [0.3, 0.4) is 0 Å². The quantitative estimate of drug-likeness (QED) is 0.393. The molecule has 25 heavy (non-hydrogen) atoms. The van der Waals surface area contributed by atoms with Gasteiger partial charge in [-0.15, -0.1) is 0 Å². The maximum atomic E-state index is 12.4. The molecule has 0 aliphatic carbocycles. The zero-order valence-corrected chi connectivity index (χ0v) is 13.3. The van der Waals surface area contributed by atoms with E-state index in [9.17, 15) is 24.6 Å². The fourth-order valence-electron chi connectivity index (χ4n) is 2.92. The maximum Gasteiger partial charge on any atom is 0.336 e. The van der Waals surface area contributed by atoms with Crippen molar-refractivity contribution in [2.24, 2.45) is 0 Å². The van der Waals surface area contributed by atoms with Crippen LogP contribution in [0.25, 0.3) is 0 Å². The summed E-state index contributed by atoms with van der Waals surface area (Å²) in [6.07, 6.45) is 0. The number of hydrogen-bond donors (Lipinski definition) is 5. The Morgan fingerprint density at radius 2 is 1.88 bits per heavy atom. The summed E-state index contributed by atoms with van der Waals surface area (Å²) < 4.78 is 4.81. The fraction of sp³-hybridized carbons (Fsp3) is 0.188. The molecule has 130 valence electrons. The molecule has 0 radical (unpaired) electrons. The van der Waals surface area contributed by atoms with Crippen LogP contribution in [0.5, 0.6) is 11.5 Å². The summed E-state index contributed by atoms with van der Waals surface area (Å²) >= 11 is 0. The van der Waals surface area contributed by atoms with Crippen molar-refractivity contribution in [1.29, 1.82) is 0 Å². The number of ether oxygens (including phenoxy) is 1. The lowest BCUT2D eigenvalue weighted by molar-refractivity contribution is -0.136. The molecular weight excluding hydrogens is 330 g/mol. The van der Waals surface area contributed by atoms with E-state index in [1.54, 1.807) is 6.92 Å². The van der Waals surface area contributed by atoms with Gasteiger partial charge in [0.05, 0.1) is 24.2 Å². The van der Waals surface area contributed by atoms with Crippen molar-refractivity contribution in [2.75, 3.05) is 12.4 Å². The van der Waals surface area contributed by atoms with Crippen LogP contribution < -0.4 is 16.6 Å². The number of carbonyl (C=O) groups is 1. The molecule has 0 saturated heterocycles. The highest BCUT2D eigenvalue weighted by Gasteiger charge is 2.36. The number of esters is 1. The molecule has 1 aromatic heterocycles. The predicted molar refractivity (Wildman–Crippen MR) is 87.6 cm³/mol. The number of rotatable bonds is 2. The van der Waals surface area contributed by atoms with E-state index in [1.165, 1.54) is 25.3 Å². The van der Waals surface area contributed by atoms with Crippen LogP contribution in [0.1, 0.15) is 24.0 Å². The van der Waals surface area contributed by atoms with Gasteiger partial charge < -0.3 is 20.3 Å². The Morgan fingerprint density at radius 1 is 1.16 bits per heavy atom. The van der Waals surface area contributed by atoms with Gasteiger partial charge in [-0.3, -0.25) is 14.8 Å². The van der Waals surface area contributed by atoms with Crippen molar-refractivity contribution >= 4 is 11.8 Å². The molecule has 1 atom stereocenters. The number of carbonyl (C=O) groups excluding carboxylic acids is 1. The number of phenols is 2. The molecule has 1 aromatic carbocycles. The number of hydrogen-bond acceptors (Lipinski definition) is 7. The van der Waals surface area contributed by atoms with Crippen molar-refractivity contribution < 1.29 is 19.7 Å². The number of phenolic OH excluding ortho intramolecular Hbond substituents is 2. The van der Waals surface area contributed by atoms with Crippen molar-refractivity contribution in [3.05, 3.63) is 61.4 Å². The monoisotopic (exact) mass is 345 g/mol. The second kappa shape index (κ2) is 5.86. The Balaban J connectivity index is 2.34. The molecule has 1 aliphatic rings. The lowest BCUT2D eigenvalue weighted by Gasteiger charge is -2.28. The SMILES string of the molecule is COC(=O)C1=C(C)Nc2[nH]c(=O)[nH]c(=O)c2[C@H]1c1ccc(O)c(O)c1. The number of aromatic amines is 2. The molecule has 9 heteroatoms. The summed E-state index contributed by atoms with van der Waals surface area (Å²) in [6.45, 7) is 1.60. The zero-order chi connectivity index (χ0) is 18.3. The smallest absolute Gasteiger partial charge is 0.336 e. The standard InChI is InChI=1S/C16H15N3O6/c1-6-10(15(23)25-2)11(7-3-4-8(20)9(21)5-7)12-13(17-6)18-16(24)19-14(12)22/h3-5,11,20-21H,1-2H3,(H3,17,18,19,22,24)/t11-/m0/s1. The zero-order valence-electron chi connectivity index (χ0n) is 13.3. The first kappa shape index (κ1) is 16.4. The third kappa shape index (κ3) is 2.65. The molecule has 1 aliphatic heterocycles. The molecule has 0 amide bonds. The summed E-state index contributed by atoms with van der Waals surface area (Å²) in [5.74, 6) is -2.17. The van der Waals surface area contributed by atoms with Gasteiger partial charge in [-0.2, -0.15) is 0 Å². The highest BCUT2D eigenvalue weighted by atomic mass is 16.5. The summed E-state index contributed by atoms with van der Waals surface area (Å²) in [7, 11) is 1.21. The van der Waals surface area contributed by atoms with Gasteiger partial charge in [0.25, 0.3) is 5.56 Å². The van der Waals surface area contributed by atoms with Gasteiger partial charge in [-0.1, -0.05) is 6.07 Å². The van der Waals surface area contributed by atoms with E-state index in [0.29, 0.717) is 11.3 Å². The van der Waals surface area contributed by atoms with E-state index >= 15 is 0 Å². The number of methoxy groups -OCH3 is 1. The van der Waals surface area contributed by atoms with Crippen molar-refractivity contribution in [1.82, 2.24) is 9.97 Å². The minimum Gasteiger partial charge on any atom is -0.504 e. The predicted octanol–water partition coefficient (Wildman–Crippen LogP) is 0.479. The Kier molecular flexibility index (Phi) is 3.84. The van der Waals surface area contributed by atoms with E-state index in [4.69, 9.17) is 4.74 Å².